The highest BCUT2D eigenvalue weighted by Gasteiger charge is 2.18. The quantitative estimate of drug-likeness (QED) is 0.418. The second-order valence-electron chi connectivity index (χ2n) is 6.72. The molecule has 1 N–H and O–H groups in total. The van der Waals surface area contributed by atoms with Gasteiger partial charge in [0.1, 0.15) is 0 Å². The zero-order chi connectivity index (χ0) is 21.5. The summed E-state index contributed by atoms with van der Waals surface area (Å²) < 4.78 is 7.46. The van der Waals surface area contributed by atoms with Crippen LogP contribution in [0.4, 0.5) is 5.69 Å². The lowest BCUT2D eigenvalue weighted by Crippen LogP contribution is -2.14. The van der Waals surface area contributed by atoms with Crippen LogP contribution >= 0.6 is 11.8 Å². The molecule has 0 atom stereocenters. The molecule has 154 valence electrons. The van der Waals surface area contributed by atoms with Crippen LogP contribution in [-0.2, 0) is 17.8 Å². The lowest BCUT2D eigenvalue weighted by Gasteiger charge is -2.10. The van der Waals surface area contributed by atoms with E-state index in [-0.39, 0.29) is 11.7 Å². The smallest absolute Gasteiger partial charge is 0.234 e. The fourth-order valence-corrected chi connectivity index (χ4v) is 3.75. The number of furan rings is 1. The van der Waals surface area contributed by atoms with Gasteiger partial charge in [-0.1, -0.05) is 54.2 Å². The predicted octanol–water partition coefficient (Wildman–Crippen LogP) is 4.38. The van der Waals surface area contributed by atoms with Gasteiger partial charge < -0.3 is 9.73 Å². The first kappa shape index (κ1) is 20.4. The van der Waals surface area contributed by atoms with Gasteiger partial charge in [0.05, 0.1) is 31.1 Å². The number of hydrogen-bond acceptors (Lipinski definition) is 6. The van der Waals surface area contributed by atoms with E-state index < -0.39 is 0 Å². The van der Waals surface area contributed by atoms with Gasteiger partial charge in [-0.25, -0.2) is 0 Å². The number of nitriles is 1. The first-order chi connectivity index (χ1) is 15.2. The van der Waals surface area contributed by atoms with Gasteiger partial charge in [0.15, 0.2) is 10.9 Å². The third-order valence-electron chi connectivity index (χ3n) is 4.50. The maximum atomic E-state index is 12.4. The average Bonchev–Trinajstić information content (AvgIpc) is 3.45. The minimum atomic E-state index is -0.146. The van der Waals surface area contributed by atoms with Crippen LogP contribution in [0.15, 0.2) is 82.6 Å². The SMILES string of the molecule is N#CCc1ccc(NC(=O)CSc2nnc(-c3ccco3)n2Cc2ccccc2)cc1. The lowest BCUT2D eigenvalue weighted by molar-refractivity contribution is -0.113. The summed E-state index contributed by atoms with van der Waals surface area (Å²) in [5.74, 6) is 1.28. The Labute approximate surface area is 183 Å². The van der Waals surface area contributed by atoms with Gasteiger partial charge in [0, 0.05) is 5.69 Å². The van der Waals surface area contributed by atoms with E-state index >= 15 is 0 Å². The van der Waals surface area contributed by atoms with E-state index in [0.29, 0.717) is 35.4 Å². The molecule has 0 radical (unpaired) electrons. The maximum Gasteiger partial charge on any atom is 0.234 e. The first-order valence-corrected chi connectivity index (χ1v) is 10.6. The Kier molecular flexibility index (Phi) is 6.45. The lowest BCUT2D eigenvalue weighted by atomic mass is 10.1. The zero-order valence-corrected chi connectivity index (χ0v) is 17.4. The highest BCUT2D eigenvalue weighted by molar-refractivity contribution is 7.99. The number of carbonyl (C=O) groups excluding carboxylic acids is 1. The third kappa shape index (κ3) is 5.21. The molecule has 0 spiro atoms. The van der Waals surface area contributed by atoms with Crippen molar-refractivity contribution in [3.8, 4) is 17.7 Å². The molecular weight excluding hydrogens is 410 g/mol. The molecule has 8 heteroatoms. The Morgan fingerprint density at radius 1 is 1.03 bits per heavy atom. The van der Waals surface area contributed by atoms with Crippen molar-refractivity contribution in [2.75, 3.05) is 11.1 Å². The van der Waals surface area contributed by atoms with Crippen molar-refractivity contribution < 1.29 is 9.21 Å². The molecule has 2 aromatic carbocycles. The van der Waals surface area contributed by atoms with Crippen molar-refractivity contribution in [1.29, 1.82) is 5.26 Å². The number of amides is 1. The Hall–Kier alpha value is -3.83. The van der Waals surface area contributed by atoms with Crippen molar-refractivity contribution in [3.63, 3.8) is 0 Å². The van der Waals surface area contributed by atoms with E-state index in [1.165, 1.54) is 11.8 Å². The summed E-state index contributed by atoms with van der Waals surface area (Å²) in [5, 5.41) is 20.8. The van der Waals surface area contributed by atoms with Crippen LogP contribution in [0, 0.1) is 11.3 Å². The molecule has 1 amide bonds. The van der Waals surface area contributed by atoms with Gasteiger partial charge in [-0.15, -0.1) is 10.2 Å². The third-order valence-corrected chi connectivity index (χ3v) is 5.46. The van der Waals surface area contributed by atoms with E-state index in [2.05, 4.69) is 21.6 Å². The van der Waals surface area contributed by atoms with E-state index in [9.17, 15) is 4.79 Å². The van der Waals surface area contributed by atoms with Crippen LogP contribution in [-0.4, -0.2) is 26.4 Å². The van der Waals surface area contributed by atoms with Gasteiger partial charge >= 0.3 is 0 Å². The van der Waals surface area contributed by atoms with Crippen molar-refractivity contribution in [1.82, 2.24) is 14.8 Å². The molecule has 0 bridgehead atoms. The summed E-state index contributed by atoms with van der Waals surface area (Å²) in [4.78, 5) is 12.4. The number of nitrogens with one attached hydrogen (secondary N) is 1. The van der Waals surface area contributed by atoms with Crippen LogP contribution in [0.3, 0.4) is 0 Å². The molecule has 31 heavy (non-hydrogen) atoms. The van der Waals surface area contributed by atoms with Crippen LogP contribution in [0.2, 0.25) is 0 Å². The molecule has 0 saturated heterocycles. The van der Waals surface area contributed by atoms with Crippen molar-refractivity contribution in [2.24, 2.45) is 0 Å². The normalized spacial score (nSPS) is 10.5. The number of hydrogen-bond donors (Lipinski definition) is 1. The monoisotopic (exact) mass is 429 g/mol. The highest BCUT2D eigenvalue weighted by atomic mass is 32.2. The maximum absolute atomic E-state index is 12.4. The second-order valence-corrected chi connectivity index (χ2v) is 7.67. The fraction of sp³-hybridized carbons (Fsp3) is 0.130. The fourth-order valence-electron chi connectivity index (χ4n) is 3.02. The Morgan fingerprint density at radius 3 is 2.55 bits per heavy atom. The van der Waals surface area contributed by atoms with E-state index in [1.807, 2.05) is 53.1 Å². The van der Waals surface area contributed by atoms with E-state index in [1.54, 1.807) is 24.5 Å². The van der Waals surface area contributed by atoms with Crippen LogP contribution in [0.1, 0.15) is 11.1 Å². The molecule has 0 aliphatic rings. The molecule has 2 heterocycles. The molecule has 4 rings (SSSR count). The van der Waals surface area contributed by atoms with Crippen LogP contribution in [0.5, 0.6) is 0 Å². The minimum absolute atomic E-state index is 0.146. The van der Waals surface area contributed by atoms with E-state index in [0.717, 1.165) is 11.1 Å². The van der Waals surface area contributed by atoms with Crippen molar-refractivity contribution in [2.45, 2.75) is 18.1 Å². The molecular formula is C23H19N5O2S. The number of benzene rings is 2. The zero-order valence-electron chi connectivity index (χ0n) is 16.6. The average molecular weight is 430 g/mol. The minimum Gasteiger partial charge on any atom is -0.461 e. The molecule has 0 fully saturated rings. The molecule has 0 unspecified atom stereocenters. The largest absolute Gasteiger partial charge is 0.461 e. The Balaban J connectivity index is 1.46. The predicted molar refractivity (Wildman–Crippen MR) is 118 cm³/mol. The van der Waals surface area contributed by atoms with Gasteiger partial charge in [0.25, 0.3) is 0 Å². The molecule has 4 aromatic rings. The topological polar surface area (TPSA) is 96.7 Å². The summed E-state index contributed by atoms with van der Waals surface area (Å²) in [5.41, 5.74) is 2.70. The van der Waals surface area contributed by atoms with Gasteiger partial charge in [0.2, 0.25) is 11.7 Å². The molecule has 2 aromatic heterocycles. The molecule has 0 aliphatic carbocycles. The number of rotatable bonds is 8. The second kappa shape index (κ2) is 9.78. The summed E-state index contributed by atoms with van der Waals surface area (Å²) in [6.45, 7) is 0.564. The number of carbonyl (C=O) groups is 1. The summed E-state index contributed by atoms with van der Waals surface area (Å²) in [7, 11) is 0. The van der Waals surface area contributed by atoms with Crippen molar-refractivity contribution >= 4 is 23.4 Å². The Morgan fingerprint density at radius 2 is 1.84 bits per heavy atom. The number of anilines is 1. The summed E-state index contributed by atoms with van der Waals surface area (Å²) in [6, 6.07) is 23.0. The van der Waals surface area contributed by atoms with Gasteiger partial charge in [-0.05, 0) is 35.4 Å². The molecule has 7 nitrogen and oxygen atoms in total. The van der Waals surface area contributed by atoms with Gasteiger partial charge in [-0.3, -0.25) is 9.36 Å². The standard InChI is InChI=1S/C23H19N5O2S/c24-13-12-17-8-10-19(11-9-17)25-21(29)16-31-23-27-26-22(20-7-4-14-30-20)28(23)15-18-5-2-1-3-6-18/h1-11,14H,12,15-16H2,(H,25,29). The number of aromatic nitrogens is 3. The number of thioether (sulfide) groups is 1. The van der Waals surface area contributed by atoms with Crippen molar-refractivity contribution in [3.05, 3.63) is 84.1 Å². The van der Waals surface area contributed by atoms with E-state index in [4.69, 9.17) is 9.68 Å². The number of nitrogens with zero attached hydrogens (tertiary/aromatic N) is 4. The summed E-state index contributed by atoms with van der Waals surface area (Å²) >= 11 is 1.32. The molecule has 0 saturated carbocycles. The Bertz CT molecular complexity index is 1180. The van der Waals surface area contributed by atoms with Crippen LogP contribution < -0.4 is 5.32 Å². The summed E-state index contributed by atoms with van der Waals surface area (Å²) in [6.07, 6.45) is 1.94. The first-order valence-electron chi connectivity index (χ1n) is 9.62. The van der Waals surface area contributed by atoms with Gasteiger partial charge in [-0.2, -0.15) is 5.26 Å². The van der Waals surface area contributed by atoms with Crippen LogP contribution in [0.25, 0.3) is 11.6 Å². The molecule has 0 aliphatic heterocycles. The highest BCUT2D eigenvalue weighted by Crippen LogP contribution is 2.25.